The molecule has 2 rings (SSSR count). The van der Waals surface area contributed by atoms with Gasteiger partial charge in [0.25, 0.3) is 0 Å². The monoisotopic (exact) mass is 246 g/mol. The first kappa shape index (κ1) is 11.9. The quantitative estimate of drug-likeness (QED) is 0.808. The molecular weight excluding hydrogens is 232 g/mol. The second-order valence-corrected chi connectivity index (χ2v) is 4.07. The Morgan fingerprint density at radius 2 is 2.12 bits per heavy atom. The molecule has 0 fully saturated rings. The van der Waals surface area contributed by atoms with Gasteiger partial charge in [-0.3, -0.25) is 9.78 Å². The Labute approximate surface area is 106 Å². The first-order chi connectivity index (χ1) is 8.31. The molecule has 0 aliphatic heterocycles. The molecule has 1 N–H and O–H groups in total. The topological polar surface area (TPSA) is 42.0 Å². The van der Waals surface area contributed by atoms with E-state index in [1.807, 2.05) is 30.3 Å². The summed E-state index contributed by atoms with van der Waals surface area (Å²) in [5.74, 6) is 0.190. The molecule has 0 bridgehead atoms. The minimum Gasteiger partial charge on any atom is -0.355 e. The van der Waals surface area contributed by atoms with Crippen molar-refractivity contribution < 1.29 is 4.79 Å². The highest BCUT2D eigenvalue weighted by Gasteiger charge is 2.02. The van der Waals surface area contributed by atoms with Gasteiger partial charge in [-0.25, -0.2) is 0 Å². The lowest BCUT2D eigenvalue weighted by Gasteiger charge is -2.06. The number of thiol groups is 1. The van der Waals surface area contributed by atoms with Crippen LogP contribution in [0, 0.1) is 0 Å². The summed E-state index contributed by atoms with van der Waals surface area (Å²) in [6.45, 7) is 0.620. The Hall–Kier alpha value is -1.55. The molecule has 0 aliphatic carbocycles. The lowest BCUT2D eigenvalue weighted by Crippen LogP contribution is -2.26. The first-order valence-electron chi connectivity index (χ1n) is 5.51. The van der Waals surface area contributed by atoms with Gasteiger partial charge in [0.05, 0.1) is 11.3 Å². The number of carbonyl (C=O) groups excluding carboxylic acids is 1. The lowest BCUT2D eigenvalue weighted by molar-refractivity contribution is -0.118. The number of amides is 1. The largest absolute Gasteiger partial charge is 0.355 e. The van der Waals surface area contributed by atoms with Gasteiger partial charge in [-0.15, -0.1) is 0 Å². The maximum Gasteiger partial charge on any atom is 0.229 e. The van der Waals surface area contributed by atoms with Gasteiger partial charge in [0.2, 0.25) is 5.91 Å². The molecular formula is C13H14N2OS. The van der Waals surface area contributed by atoms with Crippen molar-refractivity contribution in [3.05, 3.63) is 42.1 Å². The van der Waals surface area contributed by atoms with Gasteiger partial charge in [-0.1, -0.05) is 24.3 Å². The van der Waals surface area contributed by atoms with E-state index >= 15 is 0 Å². The zero-order valence-corrected chi connectivity index (χ0v) is 10.3. The van der Waals surface area contributed by atoms with E-state index in [2.05, 4.69) is 22.9 Å². The van der Waals surface area contributed by atoms with E-state index in [0.717, 1.165) is 22.9 Å². The Balaban J connectivity index is 2.11. The van der Waals surface area contributed by atoms with Crippen LogP contribution in [0.2, 0.25) is 0 Å². The second-order valence-electron chi connectivity index (χ2n) is 3.75. The van der Waals surface area contributed by atoms with Crippen molar-refractivity contribution >= 4 is 29.4 Å². The van der Waals surface area contributed by atoms with Crippen molar-refractivity contribution in [2.24, 2.45) is 0 Å². The fourth-order valence-electron chi connectivity index (χ4n) is 1.76. The van der Waals surface area contributed by atoms with Crippen LogP contribution in [-0.2, 0) is 11.2 Å². The number of nitrogens with zero attached hydrogens (tertiary/aromatic N) is 1. The molecule has 0 saturated carbocycles. The average Bonchev–Trinajstić information content (AvgIpc) is 2.39. The van der Waals surface area contributed by atoms with Crippen LogP contribution in [0.3, 0.4) is 0 Å². The number of carbonyl (C=O) groups is 1. The normalized spacial score (nSPS) is 10.4. The highest BCUT2D eigenvalue weighted by atomic mass is 32.1. The Kier molecular flexibility index (Phi) is 3.98. The highest BCUT2D eigenvalue weighted by molar-refractivity contribution is 7.81. The van der Waals surface area contributed by atoms with Gasteiger partial charge in [0, 0.05) is 18.1 Å². The molecule has 17 heavy (non-hydrogen) atoms. The smallest absolute Gasteiger partial charge is 0.229 e. The molecule has 1 aromatic carbocycles. The van der Waals surface area contributed by atoms with Crippen molar-refractivity contribution in [2.45, 2.75) is 6.42 Å². The van der Waals surface area contributed by atoms with Crippen LogP contribution in [0.25, 0.3) is 10.9 Å². The third-order valence-corrected chi connectivity index (χ3v) is 2.86. The van der Waals surface area contributed by atoms with Gasteiger partial charge in [-0.2, -0.15) is 12.6 Å². The molecule has 0 aliphatic rings. The maximum absolute atomic E-state index is 11.1. The van der Waals surface area contributed by atoms with Gasteiger partial charge in [0.1, 0.15) is 0 Å². The van der Waals surface area contributed by atoms with E-state index < -0.39 is 0 Å². The van der Waals surface area contributed by atoms with Crippen LogP contribution in [0.15, 0.2) is 36.5 Å². The molecule has 2 aromatic rings. The number of pyridine rings is 1. The number of rotatable bonds is 4. The molecule has 1 heterocycles. The van der Waals surface area contributed by atoms with Gasteiger partial charge in [0.15, 0.2) is 0 Å². The van der Waals surface area contributed by atoms with E-state index in [-0.39, 0.29) is 11.7 Å². The van der Waals surface area contributed by atoms with Crippen molar-refractivity contribution in [3.8, 4) is 0 Å². The molecule has 0 spiro atoms. The van der Waals surface area contributed by atoms with Crippen LogP contribution in [0.1, 0.15) is 5.56 Å². The molecule has 4 heteroatoms. The standard InChI is InChI=1S/C13H14N2OS/c16-12(9-17)14-8-6-11-4-1-3-10-5-2-7-15-13(10)11/h1-5,7,17H,6,8-9H2,(H,14,16). The molecule has 1 amide bonds. The zero-order chi connectivity index (χ0) is 12.1. The van der Waals surface area contributed by atoms with E-state index in [1.165, 1.54) is 0 Å². The minimum atomic E-state index is -0.0403. The van der Waals surface area contributed by atoms with Crippen molar-refractivity contribution in [1.82, 2.24) is 10.3 Å². The number of nitrogens with one attached hydrogen (secondary N) is 1. The van der Waals surface area contributed by atoms with Gasteiger partial charge < -0.3 is 5.32 Å². The van der Waals surface area contributed by atoms with Crippen molar-refractivity contribution in [2.75, 3.05) is 12.3 Å². The third-order valence-electron chi connectivity index (χ3n) is 2.58. The van der Waals surface area contributed by atoms with Crippen molar-refractivity contribution in [1.29, 1.82) is 0 Å². The number of fused-ring (bicyclic) bond motifs is 1. The summed E-state index contributed by atoms with van der Waals surface area (Å²) in [5.41, 5.74) is 2.16. The number of benzene rings is 1. The van der Waals surface area contributed by atoms with E-state index in [9.17, 15) is 4.79 Å². The highest BCUT2D eigenvalue weighted by Crippen LogP contribution is 2.15. The summed E-state index contributed by atoms with van der Waals surface area (Å²) in [7, 11) is 0. The van der Waals surface area contributed by atoms with Gasteiger partial charge >= 0.3 is 0 Å². The fraction of sp³-hybridized carbons (Fsp3) is 0.231. The molecule has 88 valence electrons. The summed E-state index contributed by atoms with van der Waals surface area (Å²) >= 11 is 3.91. The minimum absolute atomic E-state index is 0.0403. The Morgan fingerprint density at radius 3 is 2.94 bits per heavy atom. The third kappa shape index (κ3) is 2.97. The Morgan fingerprint density at radius 1 is 1.29 bits per heavy atom. The van der Waals surface area contributed by atoms with E-state index in [0.29, 0.717) is 6.54 Å². The predicted octanol–water partition coefficient (Wildman–Crippen LogP) is 1.82. The summed E-state index contributed by atoms with van der Waals surface area (Å²) in [6.07, 6.45) is 2.58. The van der Waals surface area contributed by atoms with Crippen LogP contribution in [0.4, 0.5) is 0 Å². The van der Waals surface area contributed by atoms with Crippen LogP contribution < -0.4 is 5.32 Å². The number of aromatic nitrogens is 1. The van der Waals surface area contributed by atoms with Crippen LogP contribution in [-0.4, -0.2) is 23.2 Å². The SMILES string of the molecule is O=C(CS)NCCc1cccc2cccnc12. The Bertz CT molecular complexity index is 522. The summed E-state index contributed by atoms with van der Waals surface area (Å²) in [4.78, 5) is 15.4. The van der Waals surface area contributed by atoms with Crippen LogP contribution in [0.5, 0.6) is 0 Å². The molecule has 0 radical (unpaired) electrons. The molecule has 3 nitrogen and oxygen atoms in total. The number of hydrogen-bond acceptors (Lipinski definition) is 3. The van der Waals surface area contributed by atoms with Gasteiger partial charge in [-0.05, 0) is 18.1 Å². The zero-order valence-electron chi connectivity index (χ0n) is 9.39. The van der Waals surface area contributed by atoms with E-state index in [1.54, 1.807) is 6.20 Å². The lowest BCUT2D eigenvalue weighted by atomic mass is 10.1. The van der Waals surface area contributed by atoms with E-state index in [4.69, 9.17) is 0 Å². The fourth-order valence-corrected chi connectivity index (χ4v) is 1.87. The maximum atomic E-state index is 11.1. The summed E-state index contributed by atoms with van der Waals surface area (Å²) < 4.78 is 0. The first-order valence-corrected chi connectivity index (χ1v) is 6.14. The molecule has 1 aromatic heterocycles. The second kappa shape index (κ2) is 5.68. The number of hydrogen-bond donors (Lipinski definition) is 2. The molecule has 0 unspecified atom stereocenters. The molecule has 0 atom stereocenters. The summed E-state index contributed by atoms with van der Waals surface area (Å²) in [6, 6.07) is 10.1. The number of para-hydroxylation sites is 1. The summed E-state index contributed by atoms with van der Waals surface area (Å²) in [5, 5.41) is 3.93. The van der Waals surface area contributed by atoms with Crippen LogP contribution >= 0.6 is 12.6 Å². The predicted molar refractivity (Wildman–Crippen MR) is 72.3 cm³/mol. The average molecular weight is 246 g/mol. The van der Waals surface area contributed by atoms with Crippen molar-refractivity contribution in [3.63, 3.8) is 0 Å². The molecule has 0 saturated heterocycles.